The van der Waals surface area contributed by atoms with E-state index in [9.17, 15) is 9.18 Å². The van der Waals surface area contributed by atoms with Gasteiger partial charge in [-0.25, -0.2) is 9.82 Å². The van der Waals surface area contributed by atoms with Gasteiger partial charge in [0.25, 0.3) is 5.91 Å². The first-order valence-corrected chi connectivity index (χ1v) is 7.43. The first kappa shape index (κ1) is 17.0. The summed E-state index contributed by atoms with van der Waals surface area (Å²) in [4.78, 5) is 11.8. The molecule has 120 valence electrons. The van der Waals surface area contributed by atoms with Gasteiger partial charge in [0.15, 0.2) is 0 Å². The highest BCUT2D eigenvalue weighted by atomic mass is 35.5. The largest absolute Gasteiger partial charge is 0.376 e. The van der Waals surface area contributed by atoms with Crippen LogP contribution in [0.1, 0.15) is 16.7 Å². The van der Waals surface area contributed by atoms with Gasteiger partial charge in [-0.1, -0.05) is 35.9 Å². The summed E-state index contributed by atoms with van der Waals surface area (Å²) in [5, 5.41) is 7.03. The van der Waals surface area contributed by atoms with Gasteiger partial charge in [0.2, 0.25) is 0 Å². The SMILES string of the molecule is Cc1cccc(C)c1NCC(=O)N/N=C/c1c(F)cccc1Cl. The number of carbonyl (C=O) groups excluding carboxylic acids is 1. The van der Waals surface area contributed by atoms with Crippen LogP contribution in [-0.2, 0) is 4.79 Å². The van der Waals surface area contributed by atoms with Crippen LogP contribution in [0.5, 0.6) is 0 Å². The van der Waals surface area contributed by atoms with Crippen molar-refractivity contribution in [1.29, 1.82) is 0 Å². The Kier molecular flexibility index (Phi) is 5.71. The van der Waals surface area contributed by atoms with Crippen LogP contribution in [0.2, 0.25) is 5.02 Å². The number of hydrogen-bond donors (Lipinski definition) is 2. The van der Waals surface area contributed by atoms with Gasteiger partial charge in [0.05, 0.1) is 17.8 Å². The summed E-state index contributed by atoms with van der Waals surface area (Å²) in [7, 11) is 0. The summed E-state index contributed by atoms with van der Waals surface area (Å²) in [6.45, 7) is 3.99. The number of nitrogens with zero attached hydrogens (tertiary/aromatic N) is 1. The number of amides is 1. The molecule has 23 heavy (non-hydrogen) atoms. The highest BCUT2D eigenvalue weighted by Crippen LogP contribution is 2.19. The van der Waals surface area contributed by atoms with Crippen LogP contribution in [0, 0.1) is 19.7 Å². The van der Waals surface area contributed by atoms with E-state index in [2.05, 4.69) is 15.8 Å². The van der Waals surface area contributed by atoms with Crippen molar-refractivity contribution in [3.63, 3.8) is 0 Å². The summed E-state index contributed by atoms with van der Waals surface area (Å²) in [5.74, 6) is -0.833. The quantitative estimate of drug-likeness (QED) is 0.648. The lowest BCUT2D eigenvalue weighted by Gasteiger charge is -2.11. The van der Waals surface area contributed by atoms with Gasteiger partial charge in [-0.2, -0.15) is 5.10 Å². The molecule has 2 rings (SSSR count). The number of benzene rings is 2. The molecule has 0 saturated heterocycles. The Morgan fingerprint density at radius 1 is 1.22 bits per heavy atom. The standard InChI is InChI=1S/C17H17ClFN3O/c1-11-5-3-6-12(2)17(11)20-10-16(23)22-21-9-13-14(18)7-4-8-15(13)19/h3-9,20H,10H2,1-2H3,(H,22,23)/b21-9+. The molecule has 6 heteroatoms. The zero-order chi connectivity index (χ0) is 16.8. The molecule has 0 heterocycles. The van der Waals surface area contributed by atoms with Crippen LogP contribution >= 0.6 is 11.6 Å². The van der Waals surface area contributed by atoms with Gasteiger partial charge in [-0.15, -0.1) is 0 Å². The summed E-state index contributed by atoms with van der Waals surface area (Å²) in [6.07, 6.45) is 1.19. The molecule has 0 spiro atoms. The fraction of sp³-hybridized carbons (Fsp3) is 0.176. The zero-order valence-corrected chi connectivity index (χ0v) is 13.6. The maximum Gasteiger partial charge on any atom is 0.259 e. The molecule has 1 amide bonds. The van der Waals surface area contributed by atoms with Gasteiger partial charge >= 0.3 is 0 Å². The Morgan fingerprint density at radius 2 is 1.87 bits per heavy atom. The van der Waals surface area contributed by atoms with Crippen molar-refractivity contribution >= 4 is 29.4 Å². The number of para-hydroxylation sites is 1. The Labute approximate surface area is 139 Å². The molecule has 4 nitrogen and oxygen atoms in total. The highest BCUT2D eigenvalue weighted by Gasteiger charge is 2.06. The molecule has 0 unspecified atom stereocenters. The molecule has 0 radical (unpaired) electrons. The fourth-order valence-corrected chi connectivity index (χ4v) is 2.32. The number of nitrogens with one attached hydrogen (secondary N) is 2. The van der Waals surface area contributed by atoms with Gasteiger partial charge in [0, 0.05) is 11.3 Å². The molecular weight excluding hydrogens is 317 g/mol. The average Bonchev–Trinajstić information content (AvgIpc) is 2.50. The van der Waals surface area contributed by atoms with Crippen molar-refractivity contribution in [2.45, 2.75) is 13.8 Å². The topological polar surface area (TPSA) is 53.5 Å². The minimum atomic E-state index is -0.496. The molecule has 0 saturated carbocycles. The van der Waals surface area contributed by atoms with E-state index >= 15 is 0 Å². The molecule has 0 aliphatic rings. The van der Waals surface area contributed by atoms with E-state index < -0.39 is 5.82 Å². The van der Waals surface area contributed by atoms with Gasteiger partial charge in [-0.05, 0) is 37.1 Å². The van der Waals surface area contributed by atoms with E-state index in [0.29, 0.717) is 0 Å². The predicted molar refractivity (Wildman–Crippen MR) is 91.6 cm³/mol. The second-order valence-corrected chi connectivity index (χ2v) is 5.46. The molecule has 2 aromatic rings. The Morgan fingerprint density at radius 3 is 2.52 bits per heavy atom. The van der Waals surface area contributed by atoms with E-state index in [1.807, 2.05) is 32.0 Å². The average molecular weight is 334 g/mol. The number of anilines is 1. The van der Waals surface area contributed by atoms with Gasteiger partial charge < -0.3 is 5.32 Å². The van der Waals surface area contributed by atoms with Crippen molar-refractivity contribution < 1.29 is 9.18 Å². The maximum absolute atomic E-state index is 13.5. The normalized spacial score (nSPS) is 10.8. The zero-order valence-electron chi connectivity index (χ0n) is 12.9. The third-order valence-electron chi connectivity index (χ3n) is 3.29. The maximum atomic E-state index is 13.5. The van der Waals surface area contributed by atoms with Crippen LogP contribution in [0.4, 0.5) is 10.1 Å². The Bertz CT molecular complexity index is 706. The summed E-state index contributed by atoms with van der Waals surface area (Å²) >= 11 is 5.86. The lowest BCUT2D eigenvalue weighted by molar-refractivity contribution is -0.119. The van der Waals surface area contributed by atoms with Crippen LogP contribution < -0.4 is 10.7 Å². The van der Waals surface area contributed by atoms with E-state index in [-0.39, 0.29) is 23.0 Å². The van der Waals surface area contributed by atoms with E-state index in [4.69, 9.17) is 11.6 Å². The van der Waals surface area contributed by atoms with Crippen LogP contribution in [0.25, 0.3) is 0 Å². The van der Waals surface area contributed by atoms with E-state index in [1.165, 1.54) is 18.3 Å². The van der Waals surface area contributed by atoms with Crippen molar-refractivity contribution in [2.75, 3.05) is 11.9 Å². The number of aryl methyl sites for hydroxylation is 2. The third-order valence-corrected chi connectivity index (χ3v) is 3.62. The fourth-order valence-electron chi connectivity index (χ4n) is 2.10. The van der Waals surface area contributed by atoms with E-state index in [1.54, 1.807) is 6.07 Å². The second-order valence-electron chi connectivity index (χ2n) is 5.05. The Hall–Kier alpha value is -2.40. The number of rotatable bonds is 5. The molecule has 0 aliphatic heterocycles. The molecular formula is C17H17ClFN3O. The predicted octanol–water partition coefficient (Wildman–Crippen LogP) is 3.66. The molecule has 2 N–H and O–H groups in total. The summed E-state index contributed by atoms with van der Waals surface area (Å²) in [6, 6.07) is 10.2. The van der Waals surface area contributed by atoms with Crippen molar-refractivity contribution in [3.05, 3.63) is 63.9 Å². The number of halogens is 2. The number of hydrogen-bond acceptors (Lipinski definition) is 3. The highest BCUT2D eigenvalue weighted by molar-refractivity contribution is 6.33. The van der Waals surface area contributed by atoms with Crippen molar-refractivity contribution in [2.24, 2.45) is 5.10 Å². The molecule has 0 fully saturated rings. The summed E-state index contributed by atoms with van der Waals surface area (Å²) in [5.41, 5.74) is 5.50. The van der Waals surface area contributed by atoms with Crippen molar-refractivity contribution in [1.82, 2.24) is 5.43 Å². The molecule has 0 aromatic heterocycles. The monoisotopic (exact) mass is 333 g/mol. The third kappa shape index (κ3) is 4.53. The first-order chi connectivity index (χ1) is 11.0. The number of hydrazone groups is 1. The van der Waals surface area contributed by atoms with E-state index in [0.717, 1.165) is 16.8 Å². The Balaban J connectivity index is 1.92. The molecule has 0 bridgehead atoms. The van der Waals surface area contributed by atoms with Gasteiger partial charge in [-0.3, -0.25) is 4.79 Å². The van der Waals surface area contributed by atoms with Gasteiger partial charge in [0.1, 0.15) is 5.82 Å². The smallest absolute Gasteiger partial charge is 0.259 e. The van der Waals surface area contributed by atoms with Crippen molar-refractivity contribution in [3.8, 4) is 0 Å². The first-order valence-electron chi connectivity index (χ1n) is 7.05. The summed E-state index contributed by atoms with van der Waals surface area (Å²) < 4.78 is 13.5. The lowest BCUT2D eigenvalue weighted by atomic mass is 10.1. The number of carbonyl (C=O) groups is 1. The molecule has 0 aliphatic carbocycles. The van der Waals surface area contributed by atoms with Crippen LogP contribution in [-0.4, -0.2) is 18.7 Å². The minimum absolute atomic E-state index is 0.0635. The minimum Gasteiger partial charge on any atom is -0.376 e. The second kappa shape index (κ2) is 7.74. The lowest BCUT2D eigenvalue weighted by Crippen LogP contribution is -2.26. The van der Waals surface area contributed by atoms with Crippen LogP contribution in [0.3, 0.4) is 0 Å². The molecule has 2 aromatic carbocycles. The van der Waals surface area contributed by atoms with Crippen LogP contribution in [0.15, 0.2) is 41.5 Å². The molecule has 0 atom stereocenters.